The van der Waals surface area contributed by atoms with Crippen molar-refractivity contribution in [2.45, 2.75) is 6.43 Å². The van der Waals surface area contributed by atoms with Crippen LogP contribution in [0, 0.1) is 10.1 Å². The Morgan fingerprint density at radius 1 is 1.65 bits per heavy atom. The fraction of sp³-hybridized carbons (Fsp3) is 0.250. The zero-order valence-electron chi connectivity index (χ0n) is 8.32. The van der Waals surface area contributed by atoms with E-state index in [9.17, 15) is 23.7 Å². The minimum atomic E-state index is -3.11. The molecule has 0 aromatic carbocycles. The predicted molar refractivity (Wildman–Crippen MR) is 52.2 cm³/mol. The Bertz CT molecular complexity index is 481. The highest BCUT2D eigenvalue weighted by atomic mass is 35.5. The van der Waals surface area contributed by atoms with Crippen LogP contribution >= 0.6 is 11.6 Å². The third-order valence-corrected chi connectivity index (χ3v) is 2.08. The van der Waals surface area contributed by atoms with Crippen LogP contribution in [0.2, 0.25) is 5.15 Å². The van der Waals surface area contributed by atoms with Crippen LogP contribution in [0.3, 0.4) is 0 Å². The van der Waals surface area contributed by atoms with Gasteiger partial charge in [0.1, 0.15) is 5.56 Å². The van der Waals surface area contributed by atoms with Gasteiger partial charge in [0.15, 0.2) is 0 Å². The van der Waals surface area contributed by atoms with E-state index in [0.717, 1.165) is 7.11 Å². The second-order valence-electron chi connectivity index (χ2n) is 2.78. The number of nitrogens with zero attached hydrogens (tertiary/aromatic N) is 2. The molecular formula is C8H5ClF2N2O4. The van der Waals surface area contributed by atoms with Gasteiger partial charge in [-0.2, -0.15) is 0 Å². The van der Waals surface area contributed by atoms with Gasteiger partial charge in [-0.05, 0) is 21.5 Å². The Labute approximate surface area is 98.3 Å². The van der Waals surface area contributed by atoms with E-state index in [1.54, 1.807) is 0 Å². The topological polar surface area (TPSA) is 82.3 Å². The first-order valence-electron chi connectivity index (χ1n) is 4.09. The molecule has 0 atom stereocenters. The molecule has 0 aliphatic heterocycles. The third kappa shape index (κ3) is 2.64. The summed E-state index contributed by atoms with van der Waals surface area (Å²) in [5.41, 5.74) is -1.56. The summed E-state index contributed by atoms with van der Waals surface area (Å²) in [4.78, 5) is 23.8. The van der Waals surface area contributed by atoms with Crippen LogP contribution in [0.5, 0.6) is 0 Å². The minimum absolute atomic E-state index is 0.489. The lowest BCUT2D eigenvalue weighted by atomic mass is 10.1. The van der Waals surface area contributed by atoms with Crippen molar-refractivity contribution in [3.8, 4) is 0 Å². The lowest BCUT2D eigenvalue weighted by molar-refractivity contribution is -0.389. The SMILES string of the molecule is COC(=O)c1c(C(F)F)cc([N+](=O)[O-])nc1Cl. The molecule has 0 aliphatic rings. The van der Waals surface area contributed by atoms with Gasteiger partial charge in [-0.15, -0.1) is 0 Å². The molecule has 0 radical (unpaired) electrons. The van der Waals surface area contributed by atoms with Crippen molar-refractivity contribution in [1.82, 2.24) is 4.98 Å². The zero-order chi connectivity index (χ0) is 13.2. The molecule has 0 fully saturated rings. The summed E-state index contributed by atoms with van der Waals surface area (Å²) in [6, 6.07) is 0.489. The summed E-state index contributed by atoms with van der Waals surface area (Å²) in [6.07, 6.45) is -3.11. The van der Waals surface area contributed by atoms with Gasteiger partial charge in [-0.3, -0.25) is 0 Å². The number of aromatic nitrogens is 1. The highest BCUT2D eigenvalue weighted by Crippen LogP contribution is 2.30. The van der Waals surface area contributed by atoms with Crippen molar-refractivity contribution in [3.63, 3.8) is 0 Å². The number of hydrogen-bond donors (Lipinski definition) is 0. The van der Waals surface area contributed by atoms with Crippen LogP contribution in [0.25, 0.3) is 0 Å². The number of methoxy groups -OCH3 is 1. The number of halogens is 3. The molecule has 0 aliphatic carbocycles. The van der Waals surface area contributed by atoms with Gasteiger partial charge in [0, 0.05) is 11.6 Å². The van der Waals surface area contributed by atoms with Gasteiger partial charge in [0.25, 0.3) is 11.6 Å². The van der Waals surface area contributed by atoms with E-state index in [2.05, 4.69) is 9.72 Å². The van der Waals surface area contributed by atoms with Crippen LogP contribution in [-0.2, 0) is 4.74 Å². The third-order valence-electron chi connectivity index (χ3n) is 1.80. The molecule has 1 heterocycles. The van der Waals surface area contributed by atoms with E-state index < -0.39 is 39.4 Å². The van der Waals surface area contributed by atoms with Gasteiger partial charge in [0.2, 0.25) is 0 Å². The van der Waals surface area contributed by atoms with Gasteiger partial charge in [0.05, 0.1) is 7.11 Å². The molecule has 92 valence electrons. The molecule has 17 heavy (non-hydrogen) atoms. The average Bonchev–Trinajstić information content (AvgIpc) is 2.26. The van der Waals surface area contributed by atoms with E-state index in [1.807, 2.05) is 0 Å². The molecule has 1 aromatic rings. The van der Waals surface area contributed by atoms with Crippen molar-refractivity contribution in [2.75, 3.05) is 7.11 Å². The first-order valence-corrected chi connectivity index (χ1v) is 4.47. The average molecular weight is 267 g/mol. The summed E-state index contributed by atoms with van der Waals surface area (Å²) < 4.78 is 29.5. The Morgan fingerprint density at radius 2 is 2.24 bits per heavy atom. The van der Waals surface area contributed by atoms with E-state index in [4.69, 9.17) is 11.6 Å². The highest BCUT2D eigenvalue weighted by Gasteiger charge is 2.29. The van der Waals surface area contributed by atoms with Crippen LogP contribution in [0.1, 0.15) is 22.3 Å². The van der Waals surface area contributed by atoms with Crippen LogP contribution in [0.4, 0.5) is 14.6 Å². The molecule has 9 heteroatoms. The number of ether oxygens (including phenoxy) is 1. The number of carbonyl (C=O) groups is 1. The number of esters is 1. The van der Waals surface area contributed by atoms with Crippen LogP contribution < -0.4 is 0 Å². The van der Waals surface area contributed by atoms with Crippen LogP contribution in [0.15, 0.2) is 6.07 Å². The maximum atomic E-state index is 12.6. The molecule has 0 saturated carbocycles. The molecular weight excluding hydrogens is 262 g/mol. The standard InChI is InChI=1S/C8H5ClF2N2O4/c1-17-8(14)5-3(7(10)11)2-4(13(15)16)12-6(5)9/h2,7H,1H3. The molecule has 1 rings (SSSR count). The number of hydrogen-bond acceptors (Lipinski definition) is 5. The van der Waals surface area contributed by atoms with Crippen molar-refractivity contribution >= 4 is 23.4 Å². The minimum Gasteiger partial charge on any atom is -0.465 e. The quantitative estimate of drug-likeness (QED) is 0.363. The number of nitro groups is 1. The lowest BCUT2D eigenvalue weighted by Gasteiger charge is -2.06. The molecule has 0 bridgehead atoms. The fourth-order valence-electron chi connectivity index (χ4n) is 1.09. The van der Waals surface area contributed by atoms with E-state index in [1.165, 1.54) is 0 Å². The predicted octanol–water partition coefficient (Wildman–Crippen LogP) is 2.37. The number of pyridine rings is 1. The Kier molecular flexibility index (Phi) is 3.89. The monoisotopic (exact) mass is 266 g/mol. The second kappa shape index (κ2) is 5.00. The molecule has 1 aromatic heterocycles. The summed E-state index contributed by atoms with van der Waals surface area (Å²) >= 11 is 5.45. The number of rotatable bonds is 3. The van der Waals surface area contributed by atoms with E-state index in [-0.39, 0.29) is 0 Å². The maximum absolute atomic E-state index is 12.6. The number of alkyl halides is 2. The van der Waals surface area contributed by atoms with E-state index in [0.29, 0.717) is 6.07 Å². The molecule has 0 N–H and O–H groups in total. The first-order chi connectivity index (χ1) is 7.88. The molecule has 0 unspecified atom stereocenters. The first kappa shape index (κ1) is 13.2. The Morgan fingerprint density at radius 3 is 2.65 bits per heavy atom. The fourth-order valence-corrected chi connectivity index (χ4v) is 1.36. The highest BCUT2D eigenvalue weighted by molar-refractivity contribution is 6.32. The largest absolute Gasteiger partial charge is 0.465 e. The lowest BCUT2D eigenvalue weighted by Crippen LogP contribution is -2.09. The number of carbonyl (C=O) groups excluding carboxylic acids is 1. The maximum Gasteiger partial charge on any atom is 0.365 e. The van der Waals surface area contributed by atoms with Gasteiger partial charge >= 0.3 is 11.8 Å². The second-order valence-corrected chi connectivity index (χ2v) is 3.14. The molecule has 0 spiro atoms. The van der Waals surface area contributed by atoms with Crippen molar-refractivity contribution < 1.29 is 23.2 Å². The Hall–Kier alpha value is -1.83. The zero-order valence-corrected chi connectivity index (χ0v) is 9.07. The van der Waals surface area contributed by atoms with Crippen LogP contribution in [-0.4, -0.2) is 23.0 Å². The van der Waals surface area contributed by atoms with Gasteiger partial charge < -0.3 is 14.9 Å². The van der Waals surface area contributed by atoms with Crippen molar-refractivity contribution in [2.24, 2.45) is 0 Å². The normalized spacial score (nSPS) is 10.4. The summed E-state index contributed by atoms with van der Waals surface area (Å²) in [5, 5.41) is 9.71. The molecule has 0 saturated heterocycles. The van der Waals surface area contributed by atoms with Crippen molar-refractivity contribution in [3.05, 3.63) is 32.5 Å². The van der Waals surface area contributed by atoms with E-state index >= 15 is 0 Å². The summed E-state index contributed by atoms with van der Waals surface area (Å²) in [5.74, 6) is -1.99. The summed E-state index contributed by atoms with van der Waals surface area (Å²) in [6.45, 7) is 0. The molecule has 0 amide bonds. The van der Waals surface area contributed by atoms with Crippen molar-refractivity contribution in [1.29, 1.82) is 0 Å². The summed E-state index contributed by atoms with van der Waals surface area (Å²) in [7, 11) is 0.968. The molecule has 6 nitrogen and oxygen atoms in total. The van der Waals surface area contributed by atoms with Gasteiger partial charge in [-0.25, -0.2) is 13.6 Å². The Balaban J connectivity index is 3.49. The van der Waals surface area contributed by atoms with Gasteiger partial charge in [-0.1, -0.05) is 0 Å². The smallest absolute Gasteiger partial charge is 0.365 e.